The van der Waals surface area contributed by atoms with Gasteiger partial charge in [-0.15, -0.1) is 0 Å². The van der Waals surface area contributed by atoms with Crippen LogP contribution in [0.5, 0.6) is 0 Å². The van der Waals surface area contributed by atoms with Crippen LogP contribution >= 0.6 is 0 Å². The summed E-state index contributed by atoms with van der Waals surface area (Å²) in [6, 6.07) is 0. The van der Waals surface area contributed by atoms with Crippen molar-refractivity contribution in [1.29, 1.82) is 0 Å². The molecule has 1 saturated heterocycles. The number of ether oxygens (including phenoxy) is 1. The number of nitrogens with zero attached hydrogens (tertiary/aromatic N) is 5. The number of aromatic nitrogens is 5. The molecule has 0 aliphatic carbocycles. The van der Waals surface area contributed by atoms with E-state index in [-0.39, 0.29) is 6.10 Å². The van der Waals surface area contributed by atoms with Crippen LogP contribution in [0.3, 0.4) is 0 Å². The van der Waals surface area contributed by atoms with Gasteiger partial charge in [-0.25, -0.2) is 4.98 Å². The summed E-state index contributed by atoms with van der Waals surface area (Å²) in [6.45, 7) is 3.69. The van der Waals surface area contributed by atoms with Crippen LogP contribution in [0.15, 0.2) is 24.8 Å². The summed E-state index contributed by atoms with van der Waals surface area (Å²) < 4.78 is 9.61. The van der Waals surface area contributed by atoms with Crippen LogP contribution in [-0.2, 0) is 11.8 Å². The van der Waals surface area contributed by atoms with Crippen molar-refractivity contribution in [3.8, 4) is 11.3 Å². The molecule has 0 bridgehead atoms. The van der Waals surface area contributed by atoms with Crippen molar-refractivity contribution >= 4 is 11.5 Å². The number of nitrogens with one attached hydrogen (secondary N) is 1. The molecule has 1 atom stereocenters. The molecule has 0 radical (unpaired) electrons. The first-order valence-corrected chi connectivity index (χ1v) is 7.90. The van der Waals surface area contributed by atoms with Crippen molar-refractivity contribution in [2.75, 3.05) is 18.5 Å². The van der Waals surface area contributed by atoms with Crippen molar-refractivity contribution in [3.05, 3.63) is 30.5 Å². The smallest absolute Gasteiger partial charge is 0.157 e. The average molecular weight is 312 g/mol. The highest BCUT2D eigenvalue weighted by Gasteiger charge is 2.20. The molecule has 1 unspecified atom stereocenters. The van der Waals surface area contributed by atoms with Gasteiger partial charge in [-0.1, -0.05) is 0 Å². The largest absolute Gasteiger partial charge is 0.376 e. The number of fused-ring (bicyclic) bond motifs is 1. The van der Waals surface area contributed by atoms with E-state index in [0.29, 0.717) is 0 Å². The first kappa shape index (κ1) is 14.2. The maximum atomic E-state index is 5.72. The van der Waals surface area contributed by atoms with Crippen LogP contribution in [0.25, 0.3) is 16.9 Å². The Morgan fingerprint density at radius 3 is 3.04 bits per heavy atom. The lowest BCUT2D eigenvalue weighted by Crippen LogP contribution is -2.19. The van der Waals surface area contributed by atoms with Crippen molar-refractivity contribution in [2.45, 2.75) is 25.9 Å². The fourth-order valence-corrected chi connectivity index (χ4v) is 3.01. The molecule has 7 nitrogen and oxygen atoms in total. The molecule has 4 rings (SSSR count). The predicted molar refractivity (Wildman–Crippen MR) is 87.4 cm³/mol. The Hall–Kier alpha value is -2.41. The van der Waals surface area contributed by atoms with Gasteiger partial charge < -0.3 is 10.1 Å². The van der Waals surface area contributed by atoms with Gasteiger partial charge in [0.2, 0.25) is 0 Å². The maximum Gasteiger partial charge on any atom is 0.157 e. The SMILES string of the molecule is Cc1c(-c2nc3cnccn3c2NCC2CCCO2)cnn1C. The molecule has 1 N–H and O–H groups in total. The predicted octanol–water partition coefficient (Wildman–Crippen LogP) is 2.03. The molecule has 1 aliphatic rings. The van der Waals surface area contributed by atoms with Crippen LogP contribution in [-0.4, -0.2) is 43.4 Å². The van der Waals surface area contributed by atoms with E-state index in [4.69, 9.17) is 9.72 Å². The number of hydrogen-bond acceptors (Lipinski definition) is 5. The van der Waals surface area contributed by atoms with Gasteiger partial charge in [0.15, 0.2) is 5.65 Å². The fourth-order valence-electron chi connectivity index (χ4n) is 3.01. The van der Waals surface area contributed by atoms with E-state index in [9.17, 15) is 0 Å². The molecule has 3 aromatic heterocycles. The Kier molecular flexibility index (Phi) is 3.49. The summed E-state index contributed by atoms with van der Waals surface area (Å²) in [5.74, 6) is 0.967. The Balaban J connectivity index is 1.76. The summed E-state index contributed by atoms with van der Waals surface area (Å²) in [7, 11) is 1.94. The van der Waals surface area contributed by atoms with E-state index in [0.717, 1.165) is 54.4 Å². The molecular formula is C16H20N6O. The summed E-state index contributed by atoms with van der Waals surface area (Å²) in [5, 5.41) is 7.86. The molecule has 1 aliphatic heterocycles. The second-order valence-electron chi connectivity index (χ2n) is 5.90. The third-order valence-corrected chi connectivity index (χ3v) is 4.44. The highest BCUT2D eigenvalue weighted by atomic mass is 16.5. The molecule has 3 aromatic rings. The maximum absolute atomic E-state index is 5.72. The Labute approximate surface area is 134 Å². The minimum atomic E-state index is 0.269. The topological polar surface area (TPSA) is 69.3 Å². The molecule has 7 heteroatoms. The highest BCUT2D eigenvalue weighted by molar-refractivity contribution is 5.77. The van der Waals surface area contributed by atoms with E-state index in [1.807, 2.05) is 28.5 Å². The van der Waals surface area contributed by atoms with E-state index in [2.05, 4.69) is 22.3 Å². The van der Waals surface area contributed by atoms with Crippen LogP contribution in [0.1, 0.15) is 18.5 Å². The Morgan fingerprint density at radius 1 is 1.39 bits per heavy atom. The minimum Gasteiger partial charge on any atom is -0.376 e. The second-order valence-corrected chi connectivity index (χ2v) is 5.90. The van der Waals surface area contributed by atoms with E-state index in [1.54, 1.807) is 12.4 Å². The average Bonchev–Trinajstić information content (AvgIpc) is 3.26. The summed E-state index contributed by atoms with van der Waals surface area (Å²) in [6.07, 6.45) is 9.84. The lowest BCUT2D eigenvalue weighted by molar-refractivity contribution is 0.120. The van der Waals surface area contributed by atoms with Gasteiger partial charge in [-0.05, 0) is 19.8 Å². The monoisotopic (exact) mass is 312 g/mol. The van der Waals surface area contributed by atoms with E-state index in [1.165, 1.54) is 0 Å². The molecule has 0 saturated carbocycles. The number of rotatable bonds is 4. The van der Waals surface area contributed by atoms with Gasteiger partial charge in [0.25, 0.3) is 0 Å². The van der Waals surface area contributed by atoms with Gasteiger partial charge in [0, 0.05) is 43.9 Å². The Morgan fingerprint density at radius 2 is 2.30 bits per heavy atom. The zero-order valence-electron chi connectivity index (χ0n) is 13.4. The van der Waals surface area contributed by atoms with Gasteiger partial charge in [-0.2, -0.15) is 5.10 Å². The van der Waals surface area contributed by atoms with Crippen molar-refractivity contribution in [1.82, 2.24) is 24.1 Å². The third kappa shape index (κ3) is 2.46. The van der Waals surface area contributed by atoms with Crippen LogP contribution in [0.4, 0.5) is 5.82 Å². The van der Waals surface area contributed by atoms with Gasteiger partial charge in [0.05, 0.1) is 18.5 Å². The van der Waals surface area contributed by atoms with Gasteiger partial charge in [0.1, 0.15) is 11.5 Å². The van der Waals surface area contributed by atoms with Crippen LogP contribution < -0.4 is 5.32 Å². The van der Waals surface area contributed by atoms with Crippen molar-refractivity contribution in [2.24, 2.45) is 7.05 Å². The van der Waals surface area contributed by atoms with Gasteiger partial charge in [-0.3, -0.25) is 14.1 Å². The number of hydrogen-bond donors (Lipinski definition) is 1. The zero-order valence-corrected chi connectivity index (χ0v) is 13.4. The summed E-state index contributed by atoms with van der Waals surface area (Å²) >= 11 is 0. The van der Waals surface area contributed by atoms with E-state index >= 15 is 0 Å². The zero-order chi connectivity index (χ0) is 15.8. The molecular weight excluding hydrogens is 292 g/mol. The van der Waals surface area contributed by atoms with Gasteiger partial charge >= 0.3 is 0 Å². The molecule has 0 spiro atoms. The van der Waals surface area contributed by atoms with Crippen molar-refractivity contribution < 1.29 is 4.74 Å². The summed E-state index contributed by atoms with van der Waals surface area (Å²) in [4.78, 5) is 8.92. The minimum absolute atomic E-state index is 0.269. The van der Waals surface area contributed by atoms with Crippen LogP contribution in [0.2, 0.25) is 0 Å². The first-order valence-electron chi connectivity index (χ1n) is 7.90. The molecule has 0 amide bonds. The second kappa shape index (κ2) is 5.66. The fraction of sp³-hybridized carbons (Fsp3) is 0.438. The standard InChI is InChI=1S/C16H20N6O/c1-11-13(9-19-21(11)2)15-16(18-8-12-4-3-7-23-12)22-6-5-17-10-14(22)20-15/h5-6,9-10,12,18H,3-4,7-8H2,1-2H3. The number of aryl methyl sites for hydroxylation is 1. The third-order valence-electron chi connectivity index (χ3n) is 4.44. The molecule has 0 aromatic carbocycles. The molecule has 23 heavy (non-hydrogen) atoms. The quantitative estimate of drug-likeness (QED) is 0.798. The first-order chi connectivity index (χ1) is 11.2. The highest BCUT2D eigenvalue weighted by Crippen LogP contribution is 2.30. The molecule has 1 fully saturated rings. The molecule has 4 heterocycles. The number of imidazole rings is 1. The van der Waals surface area contributed by atoms with Crippen LogP contribution in [0, 0.1) is 6.92 Å². The summed E-state index contributed by atoms with van der Waals surface area (Å²) in [5.41, 5.74) is 3.84. The van der Waals surface area contributed by atoms with E-state index < -0.39 is 0 Å². The van der Waals surface area contributed by atoms with Crippen molar-refractivity contribution in [3.63, 3.8) is 0 Å². The Bertz CT molecular complexity index is 830. The molecule has 120 valence electrons. The lowest BCUT2D eigenvalue weighted by Gasteiger charge is -2.13. The lowest BCUT2D eigenvalue weighted by atomic mass is 10.2. The number of anilines is 1. The normalized spacial score (nSPS) is 17.9.